The third-order valence-corrected chi connectivity index (χ3v) is 5.05. The van der Waals surface area contributed by atoms with E-state index in [1.54, 1.807) is 0 Å². The van der Waals surface area contributed by atoms with Gasteiger partial charge in [-0.2, -0.15) is 0 Å². The molecule has 0 atom stereocenters. The van der Waals surface area contributed by atoms with Gasteiger partial charge < -0.3 is 9.88 Å². The van der Waals surface area contributed by atoms with Crippen LogP contribution in [0.5, 0.6) is 0 Å². The van der Waals surface area contributed by atoms with E-state index in [2.05, 4.69) is 54.2 Å². The van der Waals surface area contributed by atoms with Crippen LogP contribution in [0, 0.1) is 5.92 Å². The molecule has 1 aliphatic carbocycles. The highest BCUT2D eigenvalue weighted by molar-refractivity contribution is 5.83. The number of rotatable bonds is 5. The lowest BCUT2D eigenvalue weighted by atomic mass is 9.87. The Morgan fingerprint density at radius 1 is 1.14 bits per heavy atom. The summed E-state index contributed by atoms with van der Waals surface area (Å²) in [7, 11) is 0. The van der Waals surface area contributed by atoms with Crippen LogP contribution in [-0.2, 0) is 13.0 Å². The van der Waals surface area contributed by atoms with E-state index in [4.69, 9.17) is 0 Å². The summed E-state index contributed by atoms with van der Waals surface area (Å²) in [5.74, 6) is 0.934. The third kappa shape index (κ3) is 3.32. The quantitative estimate of drug-likeness (QED) is 0.862. The van der Waals surface area contributed by atoms with Crippen LogP contribution < -0.4 is 5.32 Å². The van der Waals surface area contributed by atoms with E-state index in [-0.39, 0.29) is 0 Å². The van der Waals surface area contributed by atoms with Crippen LogP contribution in [0.15, 0.2) is 30.5 Å². The minimum absolute atomic E-state index is 0.744. The minimum Gasteiger partial charge on any atom is -0.346 e. The van der Waals surface area contributed by atoms with Gasteiger partial charge in [-0.1, -0.05) is 32.0 Å². The Labute approximate surface area is 128 Å². The fraction of sp³-hybridized carbons (Fsp3) is 0.579. The number of hydrogen-bond acceptors (Lipinski definition) is 1. The molecule has 1 aromatic heterocycles. The molecule has 2 heteroatoms. The zero-order chi connectivity index (χ0) is 14.7. The SMILES string of the molecule is CCc1cccc2ccn(CCNC3CCC(C)CC3)c12. The van der Waals surface area contributed by atoms with E-state index in [0.717, 1.165) is 31.5 Å². The molecule has 1 N–H and O–H groups in total. The van der Waals surface area contributed by atoms with Crippen LogP contribution in [0.2, 0.25) is 0 Å². The number of aryl methyl sites for hydroxylation is 1. The highest BCUT2D eigenvalue weighted by Gasteiger charge is 2.17. The first-order valence-corrected chi connectivity index (χ1v) is 8.58. The first kappa shape index (κ1) is 14.6. The van der Waals surface area contributed by atoms with Crippen molar-refractivity contribution in [1.29, 1.82) is 0 Å². The normalized spacial score (nSPS) is 22.8. The van der Waals surface area contributed by atoms with Gasteiger partial charge in [0.1, 0.15) is 0 Å². The summed E-state index contributed by atoms with van der Waals surface area (Å²) < 4.78 is 2.42. The van der Waals surface area contributed by atoms with E-state index >= 15 is 0 Å². The summed E-state index contributed by atoms with van der Waals surface area (Å²) in [5.41, 5.74) is 2.89. The van der Waals surface area contributed by atoms with Crippen molar-refractivity contribution in [2.24, 2.45) is 5.92 Å². The van der Waals surface area contributed by atoms with Gasteiger partial charge in [-0.3, -0.25) is 0 Å². The number of fused-ring (bicyclic) bond motifs is 1. The molecule has 1 heterocycles. The molecule has 3 rings (SSSR count). The summed E-state index contributed by atoms with van der Waals surface area (Å²) >= 11 is 0. The molecule has 1 aliphatic rings. The highest BCUT2D eigenvalue weighted by Crippen LogP contribution is 2.24. The Kier molecular flexibility index (Phi) is 4.64. The molecule has 0 spiro atoms. The topological polar surface area (TPSA) is 17.0 Å². The number of nitrogens with zero attached hydrogens (tertiary/aromatic N) is 1. The van der Waals surface area contributed by atoms with Crippen molar-refractivity contribution in [3.8, 4) is 0 Å². The number of benzene rings is 1. The summed E-state index contributed by atoms with van der Waals surface area (Å²) in [6.45, 7) is 6.79. The Morgan fingerprint density at radius 2 is 1.95 bits per heavy atom. The van der Waals surface area contributed by atoms with Crippen molar-refractivity contribution >= 4 is 10.9 Å². The van der Waals surface area contributed by atoms with Crippen LogP contribution in [0.3, 0.4) is 0 Å². The number of nitrogens with one attached hydrogen (secondary N) is 1. The Hall–Kier alpha value is -1.28. The average molecular weight is 284 g/mol. The number of aromatic nitrogens is 1. The first-order valence-electron chi connectivity index (χ1n) is 8.58. The van der Waals surface area contributed by atoms with Gasteiger partial charge in [0.25, 0.3) is 0 Å². The Bertz CT molecular complexity index is 576. The van der Waals surface area contributed by atoms with Gasteiger partial charge in [0.15, 0.2) is 0 Å². The highest BCUT2D eigenvalue weighted by atomic mass is 15.0. The molecule has 0 saturated heterocycles. The molecule has 0 unspecified atom stereocenters. The summed E-state index contributed by atoms with van der Waals surface area (Å²) in [4.78, 5) is 0. The number of hydrogen-bond donors (Lipinski definition) is 1. The molecule has 1 fully saturated rings. The molecule has 1 aromatic carbocycles. The molecule has 0 radical (unpaired) electrons. The zero-order valence-electron chi connectivity index (χ0n) is 13.4. The van der Waals surface area contributed by atoms with Gasteiger partial charge in [-0.15, -0.1) is 0 Å². The monoisotopic (exact) mass is 284 g/mol. The summed E-state index contributed by atoms with van der Waals surface area (Å²) in [6, 6.07) is 9.65. The Morgan fingerprint density at radius 3 is 2.71 bits per heavy atom. The van der Waals surface area contributed by atoms with Crippen molar-refractivity contribution in [3.63, 3.8) is 0 Å². The van der Waals surface area contributed by atoms with Crippen LogP contribution in [0.25, 0.3) is 10.9 Å². The van der Waals surface area contributed by atoms with Gasteiger partial charge >= 0.3 is 0 Å². The van der Waals surface area contributed by atoms with E-state index in [0.29, 0.717) is 0 Å². The van der Waals surface area contributed by atoms with E-state index < -0.39 is 0 Å². The van der Waals surface area contributed by atoms with Crippen LogP contribution in [0.4, 0.5) is 0 Å². The van der Waals surface area contributed by atoms with E-state index in [1.807, 2.05) is 0 Å². The standard InChI is InChI=1S/C19H28N2/c1-3-16-5-4-6-17-11-13-21(19(16)17)14-12-20-18-9-7-15(2)8-10-18/h4-6,11,13,15,18,20H,3,7-10,12,14H2,1-2H3. The maximum atomic E-state index is 3.76. The lowest BCUT2D eigenvalue weighted by Crippen LogP contribution is -2.34. The molecule has 114 valence electrons. The van der Waals surface area contributed by atoms with Gasteiger partial charge in [-0.25, -0.2) is 0 Å². The molecule has 2 aromatic rings. The van der Waals surface area contributed by atoms with Crippen molar-refractivity contribution in [1.82, 2.24) is 9.88 Å². The molecule has 1 saturated carbocycles. The van der Waals surface area contributed by atoms with Crippen LogP contribution in [-0.4, -0.2) is 17.2 Å². The third-order valence-electron chi connectivity index (χ3n) is 5.05. The minimum atomic E-state index is 0.744. The Balaban J connectivity index is 1.60. The van der Waals surface area contributed by atoms with E-state index in [9.17, 15) is 0 Å². The molecule has 21 heavy (non-hydrogen) atoms. The van der Waals surface area contributed by atoms with Crippen molar-refractivity contribution in [3.05, 3.63) is 36.0 Å². The van der Waals surface area contributed by atoms with E-state index in [1.165, 1.54) is 42.1 Å². The van der Waals surface area contributed by atoms with Crippen molar-refractivity contribution in [2.75, 3.05) is 6.54 Å². The molecular weight excluding hydrogens is 256 g/mol. The first-order chi connectivity index (χ1) is 10.3. The largest absolute Gasteiger partial charge is 0.346 e. The molecular formula is C19H28N2. The smallest absolute Gasteiger partial charge is 0.0513 e. The second-order valence-corrected chi connectivity index (χ2v) is 6.63. The maximum absolute atomic E-state index is 3.76. The predicted octanol–water partition coefficient (Wildman–Crippen LogP) is 4.37. The molecule has 0 amide bonds. The van der Waals surface area contributed by atoms with Crippen LogP contribution >= 0.6 is 0 Å². The summed E-state index contributed by atoms with van der Waals surface area (Å²) in [5, 5.41) is 5.14. The van der Waals surface area contributed by atoms with Gasteiger partial charge in [0.05, 0.1) is 5.52 Å². The fourth-order valence-corrected chi connectivity index (χ4v) is 3.67. The van der Waals surface area contributed by atoms with Gasteiger partial charge in [0.2, 0.25) is 0 Å². The van der Waals surface area contributed by atoms with Crippen molar-refractivity contribution in [2.45, 2.75) is 58.5 Å². The second kappa shape index (κ2) is 6.65. The van der Waals surface area contributed by atoms with Crippen molar-refractivity contribution < 1.29 is 0 Å². The fourth-order valence-electron chi connectivity index (χ4n) is 3.67. The molecule has 0 aliphatic heterocycles. The second-order valence-electron chi connectivity index (χ2n) is 6.63. The van der Waals surface area contributed by atoms with Gasteiger partial charge in [-0.05, 0) is 55.0 Å². The zero-order valence-corrected chi connectivity index (χ0v) is 13.4. The van der Waals surface area contributed by atoms with Crippen LogP contribution in [0.1, 0.15) is 45.1 Å². The predicted molar refractivity (Wildman–Crippen MR) is 90.7 cm³/mol. The number of para-hydroxylation sites is 1. The average Bonchev–Trinajstić information content (AvgIpc) is 2.93. The lowest BCUT2D eigenvalue weighted by molar-refractivity contribution is 0.305. The molecule has 2 nitrogen and oxygen atoms in total. The van der Waals surface area contributed by atoms with Gasteiger partial charge in [0, 0.05) is 25.3 Å². The summed E-state index contributed by atoms with van der Waals surface area (Å²) in [6.07, 6.45) is 8.85. The lowest BCUT2D eigenvalue weighted by Gasteiger charge is -2.27. The molecule has 0 bridgehead atoms. The maximum Gasteiger partial charge on any atom is 0.0513 e.